The lowest BCUT2D eigenvalue weighted by Gasteiger charge is -2.26. The van der Waals surface area contributed by atoms with Crippen LogP contribution in [0.3, 0.4) is 0 Å². The van der Waals surface area contributed by atoms with Gasteiger partial charge in [-0.3, -0.25) is 4.90 Å². The lowest BCUT2D eigenvalue weighted by Crippen LogP contribution is -2.32. The lowest BCUT2D eigenvalue weighted by molar-refractivity contribution is 0.201. The van der Waals surface area contributed by atoms with E-state index in [0.717, 1.165) is 18.0 Å². The average Bonchev–Trinajstić information content (AvgIpc) is 3.04. The maximum atomic E-state index is 13.7. The molecule has 3 heteroatoms. The number of nitrogens with two attached hydrogens (primary N) is 1. The molecule has 1 aliphatic carbocycles. The van der Waals surface area contributed by atoms with Crippen LogP contribution in [0, 0.1) is 11.7 Å². The first-order chi connectivity index (χ1) is 8.06. The highest BCUT2D eigenvalue weighted by atomic mass is 19.1. The Morgan fingerprint density at radius 2 is 2.12 bits per heavy atom. The topological polar surface area (TPSA) is 29.3 Å². The Balaban J connectivity index is 2.05. The van der Waals surface area contributed by atoms with Gasteiger partial charge in [0.15, 0.2) is 0 Å². The smallest absolute Gasteiger partial charge is 0.129 e. The van der Waals surface area contributed by atoms with E-state index in [4.69, 9.17) is 5.73 Å². The predicted molar refractivity (Wildman–Crippen MR) is 69.1 cm³/mol. The molecule has 1 aromatic carbocycles. The average molecular weight is 236 g/mol. The van der Waals surface area contributed by atoms with E-state index >= 15 is 0 Å². The first-order valence-electron chi connectivity index (χ1n) is 6.34. The molecule has 0 aliphatic heterocycles. The molecule has 2 rings (SSSR count). The van der Waals surface area contributed by atoms with Crippen LogP contribution in [0.1, 0.15) is 32.3 Å². The Labute approximate surface area is 103 Å². The fourth-order valence-electron chi connectivity index (χ4n) is 2.00. The second-order valence-corrected chi connectivity index (χ2v) is 5.32. The van der Waals surface area contributed by atoms with E-state index in [1.807, 2.05) is 0 Å². The van der Waals surface area contributed by atoms with Gasteiger partial charge in [-0.15, -0.1) is 0 Å². The zero-order chi connectivity index (χ0) is 12.4. The van der Waals surface area contributed by atoms with Crippen molar-refractivity contribution < 1.29 is 4.39 Å². The van der Waals surface area contributed by atoms with Gasteiger partial charge in [0.2, 0.25) is 0 Å². The lowest BCUT2D eigenvalue weighted by atomic mass is 10.1. The van der Waals surface area contributed by atoms with Crippen molar-refractivity contribution in [1.29, 1.82) is 0 Å². The van der Waals surface area contributed by atoms with Crippen molar-refractivity contribution in [3.05, 3.63) is 29.6 Å². The summed E-state index contributed by atoms with van der Waals surface area (Å²) in [6, 6.07) is 5.43. The van der Waals surface area contributed by atoms with E-state index in [2.05, 4.69) is 18.7 Å². The number of hydrogen-bond acceptors (Lipinski definition) is 2. The van der Waals surface area contributed by atoms with Crippen LogP contribution in [0.4, 0.5) is 10.1 Å². The van der Waals surface area contributed by atoms with Crippen molar-refractivity contribution in [3.63, 3.8) is 0 Å². The minimum atomic E-state index is -0.188. The van der Waals surface area contributed by atoms with E-state index < -0.39 is 0 Å². The maximum Gasteiger partial charge on any atom is 0.129 e. The molecule has 0 amide bonds. The van der Waals surface area contributed by atoms with Crippen LogP contribution in [0.25, 0.3) is 0 Å². The number of anilines is 1. The number of nitrogen functional groups attached to an aromatic ring is 1. The van der Waals surface area contributed by atoms with Crippen LogP contribution in [-0.4, -0.2) is 17.5 Å². The minimum absolute atomic E-state index is 0.188. The van der Waals surface area contributed by atoms with Crippen LogP contribution in [0.5, 0.6) is 0 Å². The highest BCUT2D eigenvalue weighted by molar-refractivity contribution is 5.40. The summed E-state index contributed by atoms with van der Waals surface area (Å²) >= 11 is 0. The number of benzene rings is 1. The third kappa shape index (κ3) is 3.43. The summed E-state index contributed by atoms with van der Waals surface area (Å²) in [5, 5.41) is 0. The third-order valence-electron chi connectivity index (χ3n) is 3.37. The number of rotatable bonds is 5. The Morgan fingerprint density at radius 3 is 2.65 bits per heavy atom. The van der Waals surface area contributed by atoms with Crippen LogP contribution >= 0.6 is 0 Å². The molecular weight excluding hydrogens is 215 g/mol. The molecule has 0 radical (unpaired) electrons. The molecule has 94 valence electrons. The number of hydrogen-bond donors (Lipinski definition) is 1. The Morgan fingerprint density at radius 1 is 1.41 bits per heavy atom. The summed E-state index contributed by atoms with van der Waals surface area (Å²) in [5.41, 5.74) is 6.79. The van der Waals surface area contributed by atoms with Crippen molar-refractivity contribution in [1.82, 2.24) is 4.90 Å². The van der Waals surface area contributed by atoms with Crippen molar-refractivity contribution in [3.8, 4) is 0 Å². The second-order valence-electron chi connectivity index (χ2n) is 5.32. The van der Waals surface area contributed by atoms with Gasteiger partial charge in [-0.05, 0) is 44.7 Å². The van der Waals surface area contributed by atoms with Gasteiger partial charge in [0.1, 0.15) is 5.82 Å². The summed E-state index contributed by atoms with van der Waals surface area (Å²) < 4.78 is 13.7. The predicted octanol–water partition coefficient (Wildman–Crippen LogP) is 3.03. The summed E-state index contributed by atoms with van der Waals surface area (Å²) in [7, 11) is 0. The molecule has 0 atom stereocenters. The zero-order valence-electron chi connectivity index (χ0n) is 10.6. The minimum Gasteiger partial charge on any atom is -0.399 e. The molecule has 0 saturated heterocycles. The summed E-state index contributed by atoms with van der Waals surface area (Å²) in [5.74, 6) is 0.640. The van der Waals surface area contributed by atoms with Crippen LogP contribution < -0.4 is 5.73 Å². The van der Waals surface area contributed by atoms with E-state index in [-0.39, 0.29) is 5.82 Å². The van der Waals surface area contributed by atoms with Gasteiger partial charge in [0, 0.05) is 30.4 Å². The quantitative estimate of drug-likeness (QED) is 0.796. The van der Waals surface area contributed by atoms with Gasteiger partial charge in [0.25, 0.3) is 0 Å². The summed E-state index contributed by atoms with van der Waals surface area (Å²) in [4.78, 5) is 2.34. The van der Waals surface area contributed by atoms with Gasteiger partial charge < -0.3 is 5.73 Å². The molecule has 2 N–H and O–H groups in total. The highest BCUT2D eigenvalue weighted by Gasteiger charge is 2.25. The molecule has 1 aromatic rings. The Kier molecular flexibility index (Phi) is 3.67. The van der Waals surface area contributed by atoms with Gasteiger partial charge in [-0.2, -0.15) is 0 Å². The van der Waals surface area contributed by atoms with Crippen molar-refractivity contribution in [2.45, 2.75) is 39.3 Å². The molecule has 0 heterocycles. The standard InChI is InChI=1S/C14H21FN2/c1-10(2)17(8-11-3-4-11)9-12-5-6-13(16)7-14(12)15/h5-7,10-11H,3-4,8-9,16H2,1-2H3. The maximum absolute atomic E-state index is 13.7. The highest BCUT2D eigenvalue weighted by Crippen LogP contribution is 2.31. The Bertz CT molecular complexity index is 386. The molecule has 0 aromatic heterocycles. The third-order valence-corrected chi connectivity index (χ3v) is 3.37. The number of nitrogens with zero attached hydrogens (tertiary/aromatic N) is 1. The van der Waals surface area contributed by atoms with Crippen molar-refractivity contribution in [2.75, 3.05) is 12.3 Å². The normalized spacial score (nSPS) is 15.8. The fraction of sp³-hybridized carbons (Fsp3) is 0.571. The van der Waals surface area contributed by atoms with E-state index in [1.165, 1.54) is 18.9 Å². The summed E-state index contributed by atoms with van der Waals surface area (Å²) in [6.45, 7) is 6.09. The number of halogens is 1. The molecular formula is C14H21FN2. The molecule has 1 fully saturated rings. The first kappa shape index (κ1) is 12.4. The van der Waals surface area contributed by atoms with Crippen molar-refractivity contribution in [2.24, 2.45) is 5.92 Å². The van der Waals surface area contributed by atoms with Crippen LogP contribution in [-0.2, 0) is 6.54 Å². The molecule has 1 aliphatic rings. The molecule has 17 heavy (non-hydrogen) atoms. The van der Waals surface area contributed by atoms with Gasteiger partial charge in [-0.1, -0.05) is 6.07 Å². The molecule has 2 nitrogen and oxygen atoms in total. The van der Waals surface area contributed by atoms with Gasteiger partial charge in [0.05, 0.1) is 0 Å². The molecule has 0 unspecified atom stereocenters. The summed E-state index contributed by atoms with van der Waals surface area (Å²) in [6.07, 6.45) is 2.65. The van der Waals surface area contributed by atoms with Crippen molar-refractivity contribution >= 4 is 5.69 Å². The SMILES string of the molecule is CC(C)N(Cc1ccc(N)cc1F)CC1CC1. The molecule has 0 spiro atoms. The molecule has 1 saturated carbocycles. The molecule has 0 bridgehead atoms. The van der Waals surface area contributed by atoms with Gasteiger partial charge in [-0.25, -0.2) is 4.39 Å². The van der Waals surface area contributed by atoms with Crippen LogP contribution in [0.2, 0.25) is 0 Å². The fourth-order valence-corrected chi connectivity index (χ4v) is 2.00. The first-order valence-corrected chi connectivity index (χ1v) is 6.34. The van der Waals surface area contributed by atoms with E-state index in [0.29, 0.717) is 18.3 Å². The monoisotopic (exact) mass is 236 g/mol. The van der Waals surface area contributed by atoms with E-state index in [9.17, 15) is 4.39 Å². The second kappa shape index (κ2) is 5.05. The van der Waals surface area contributed by atoms with Gasteiger partial charge >= 0.3 is 0 Å². The van der Waals surface area contributed by atoms with Crippen LogP contribution in [0.15, 0.2) is 18.2 Å². The zero-order valence-corrected chi connectivity index (χ0v) is 10.6. The largest absolute Gasteiger partial charge is 0.399 e. The Hall–Kier alpha value is -1.09. The van der Waals surface area contributed by atoms with E-state index in [1.54, 1.807) is 12.1 Å².